The monoisotopic (exact) mass is 183 g/mol. The summed E-state index contributed by atoms with van der Waals surface area (Å²) in [5.74, 6) is 1.51. The Kier molecular flexibility index (Phi) is 2.37. The number of hydrogen-bond donors (Lipinski definition) is 1. The van der Waals surface area contributed by atoms with Crippen LogP contribution < -0.4 is 5.48 Å². The van der Waals surface area contributed by atoms with Gasteiger partial charge in [0.2, 0.25) is 0 Å². The lowest BCUT2D eigenvalue weighted by Gasteiger charge is -2.40. The second kappa shape index (κ2) is 3.25. The Morgan fingerprint density at radius 3 is 2.69 bits per heavy atom. The van der Waals surface area contributed by atoms with Crippen LogP contribution in [0.25, 0.3) is 0 Å². The molecule has 0 amide bonds. The van der Waals surface area contributed by atoms with E-state index in [0.717, 1.165) is 18.4 Å². The van der Waals surface area contributed by atoms with Crippen LogP contribution in [0.2, 0.25) is 0 Å². The molecule has 13 heavy (non-hydrogen) atoms. The number of fused-ring (bicyclic) bond motifs is 1. The standard InChI is InChI=1S/C11H21NO/c1-11(2,3)9-6-4-5-8-7-12-13-10(8)9/h8-10,12H,4-7H2,1-3H3. The highest BCUT2D eigenvalue weighted by atomic mass is 16.7. The lowest BCUT2D eigenvalue weighted by atomic mass is 9.67. The summed E-state index contributed by atoms with van der Waals surface area (Å²) < 4.78 is 0. The first-order valence-electron chi connectivity index (χ1n) is 5.47. The summed E-state index contributed by atoms with van der Waals surface area (Å²) in [6.07, 6.45) is 4.55. The first-order chi connectivity index (χ1) is 6.09. The van der Waals surface area contributed by atoms with Crippen LogP contribution in [0, 0.1) is 17.3 Å². The minimum absolute atomic E-state index is 0.398. The summed E-state index contributed by atoms with van der Waals surface area (Å²) in [6, 6.07) is 0. The van der Waals surface area contributed by atoms with Gasteiger partial charge in [-0.2, -0.15) is 0 Å². The SMILES string of the molecule is CC(C)(C)C1CCCC2CNOC21. The third-order valence-corrected chi connectivity index (χ3v) is 3.63. The minimum Gasteiger partial charge on any atom is -0.298 e. The lowest BCUT2D eigenvalue weighted by Crippen LogP contribution is -2.39. The van der Waals surface area contributed by atoms with Crippen molar-refractivity contribution in [2.75, 3.05) is 6.54 Å². The van der Waals surface area contributed by atoms with Crippen molar-refractivity contribution in [3.8, 4) is 0 Å². The predicted molar refractivity (Wildman–Crippen MR) is 53.2 cm³/mol. The first kappa shape index (κ1) is 9.47. The third-order valence-electron chi connectivity index (χ3n) is 3.63. The van der Waals surface area contributed by atoms with Gasteiger partial charge in [0.1, 0.15) is 0 Å². The fourth-order valence-electron chi connectivity index (χ4n) is 2.83. The molecule has 1 N–H and O–H groups in total. The topological polar surface area (TPSA) is 21.3 Å². The van der Waals surface area contributed by atoms with Crippen LogP contribution in [0.3, 0.4) is 0 Å². The van der Waals surface area contributed by atoms with E-state index in [1.165, 1.54) is 19.3 Å². The molecule has 1 aliphatic carbocycles. The molecule has 2 nitrogen and oxygen atoms in total. The zero-order valence-electron chi connectivity index (χ0n) is 8.97. The Hall–Kier alpha value is -0.0800. The summed E-state index contributed by atoms with van der Waals surface area (Å²) in [7, 11) is 0. The highest BCUT2D eigenvalue weighted by molar-refractivity contribution is 4.91. The highest BCUT2D eigenvalue weighted by Gasteiger charge is 2.43. The second-order valence-corrected chi connectivity index (χ2v) is 5.59. The van der Waals surface area contributed by atoms with E-state index in [2.05, 4.69) is 26.3 Å². The van der Waals surface area contributed by atoms with Crippen molar-refractivity contribution in [1.82, 2.24) is 5.48 Å². The van der Waals surface area contributed by atoms with Gasteiger partial charge >= 0.3 is 0 Å². The lowest BCUT2D eigenvalue weighted by molar-refractivity contribution is -0.0608. The van der Waals surface area contributed by atoms with E-state index in [1.807, 2.05) is 0 Å². The molecule has 0 aromatic carbocycles. The van der Waals surface area contributed by atoms with Gasteiger partial charge in [0.15, 0.2) is 0 Å². The molecule has 2 heteroatoms. The van der Waals surface area contributed by atoms with Gasteiger partial charge in [0.25, 0.3) is 0 Å². The molecule has 1 aliphatic heterocycles. The van der Waals surface area contributed by atoms with Gasteiger partial charge in [-0.1, -0.05) is 27.2 Å². The molecule has 0 aromatic heterocycles. The van der Waals surface area contributed by atoms with Crippen molar-refractivity contribution >= 4 is 0 Å². The van der Waals surface area contributed by atoms with Gasteiger partial charge in [-0.15, -0.1) is 0 Å². The van der Waals surface area contributed by atoms with Crippen molar-refractivity contribution in [2.24, 2.45) is 17.3 Å². The van der Waals surface area contributed by atoms with Crippen molar-refractivity contribution in [3.05, 3.63) is 0 Å². The maximum absolute atomic E-state index is 5.65. The number of hydrogen-bond acceptors (Lipinski definition) is 2. The molecule has 1 heterocycles. The Morgan fingerprint density at radius 2 is 2.00 bits per heavy atom. The van der Waals surface area contributed by atoms with Crippen molar-refractivity contribution < 1.29 is 4.84 Å². The van der Waals surface area contributed by atoms with Crippen molar-refractivity contribution in [3.63, 3.8) is 0 Å². The van der Waals surface area contributed by atoms with Crippen molar-refractivity contribution in [2.45, 2.75) is 46.1 Å². The molecule has 0 aromatic rings. The van der Waals surface area contributed by atoms with Gasteiger partial charge in [0.05, 0.1) is 6.10 Å². The first-order valence-corrected chi connectivity index (χ1v) is 5.47. The van der Waals surface area contributed by atoms with Crippen LogP contribution in [0.1, 0.15) is 40.0 Å². The van der Waals surface area contributed by atoms with Gasteiger partial charge in [-0.25, -0.2) is 5.48 Å². The molecule has 0 radical (unpaired) electrons. The summed E-state index contributed by atoms with van der Waals surface area (Å²) in [5, 5.41) is 0. The summed E-state index contributed by atoms with van der Waals surface area (Å²) in [4.78, 5) is 5.65. The molecular weight excluding hydrogens is 162 g/mol. The number of hydroxylamine groups is 1. The Labute approximate surface area is 81.0 Å². The van der Waals surface area contributed by atoms with E-state index in [1.54, 1.807) is 0 Å². The molecule has 0 bridgehead atoms. The van der Waals surface area contributed by atoms with E-state index in [9.17, 15) is 0 Å². The Balaban J connectivity index is 2.10. The van der Waals surface area contributed by atoms with Crippen LogP contribution in [0.5, 0.6) is 0 Å². The van der Waals surface area contributed by atoms with E-state index >= 15 is 0 Å². The maximum Gasteiger partial charge on any atom is 0.0864 e. The second-order valence-electron chi connectivity index (χ2n) is 5.59. The van der Waals surface area contributed by atoms with Crippen LogP contribution >= 0.6 is 0 Å². The third kappa shape index (κ3) is 1.75. The molecule has 1 saturated heterocycles. The fraction of sp³-hybridized carbons (Fsp3) is 1.00. The summed E-state index contributed by atoms with van der Waals surface area (Å²) >= 11 is 0. The van der Waals surface area contributed by atoms with E-state index in [0.29, 0.717) is 11.5 Å². The molecule has 76 valence electrons. The normalized spacial score (nSPS) is 40.4. The number of rotatable bonds is 0. The molecule has 3 atom stereocenters. The average molecular weight is 183 g/mol. The van der Waals surface area contributed by atoms with Gasteiger partial charge in [-0.3, -0.25) is 4.84 Å². The fourth-order valence-corrected chi connectivity index (χ4v) is 2.83. The van der Waals surface area contributed by atoms with Crippen LogP contribution in [0.4, 0.5) is 0 Å². The quantitative estimate of drug-likeness (QED) is 0.622. The molecule has 2 rings (SSSR count). The molecule has 2 fully saturated rings. The highest BCUT2D eigenvalue weighted by Crippen LogP contribution is 2.43. The molecular formula is C11H21NO. The van der Waals surface area contributed by atoms with Gasteiger partial charge in [-0.05, 0) is 24.2 Å². The largest absolute Gasteiger partial charge is 0.298 e. The maximum atomic E-state index is 5.65. The van der Waals surface area contributed by atoms with Gasteiger partial charge < -0.3 is 0 Å². The zero-order chi connectivity index (χ0) is 9.47. The van der Waals surface area contributed by atoms with Gasteiger partial charge in [0, 0.05) is 12.5 Å². The molecule has 3 unspecified atom stereocenters. The average Bonchev–Trinajstić information content (AvgIpc) is 2.48. The van der Waals surface area contributed by atoms with Crippen LogP contribution in [-0.4, -0.2) is 12.6 Å². The summed E-state index contributed by atoms with van der Waals surface area (Å²) in [5.41, 5.74) is 3.46. The molecule has 2 aliphatic rings. The van der Waals surface area contributed by atoms with E-state index in [-0.39, 0.29) is 0 Å². The van der Waals surface area contributed by atoms with Crippen molar-refractivity contribution in [1.29, 1.82) is 0 Å². The van der Waals surface area contributed by atoms with Crippen LogP contribution in [-0.2, 0) is 4.84 Å². The molecule has 0 spiro atoms. The van der Waals surface area contributed by atoms with Crippen LogP contribution in [0.15, 0.2) is 0 Å². The molecule has 1 saturated carbocycles. The smallest absolute Gasteiger partial charge is 0.0864 e. The summed E-state index contributed by atoms with van der Waals surface area (Å²) in [6.45, 7) is 8.07. The minimum atomic E-state index is 0.398. The Morgan fingerprint density at radius 1 is 1.23 bits per heavy atom. The number of nitrogens with one attached hydrogen (secondary N) is 1. The zero-order valence-corrected chi connectivity index (χ0v) is 8.97. The Bertz CT molecular complexity index is 185. The van der Waals surface area contributed by atoms with E-state index < -0.39 is 0 Å². The predicted octanol–water partition coefficient (Wildman–Crippen LogP) is 2.35. The van der Waals surface area contributed by atoms with E-state index in [4.69, 9.17) is 4.84 Å².